The van der Waals surface area contributed by atoms with Gasteiger partial charge in [-0.1, -0.05) is 12.1 Å². The van der Waals surface area contributed by atoms with E-state index in [0.29, 0.717) is 17.5 Å². The van der Waals surface area contributed by atoms with Crippen molar-refractivity contribution in [3.8, 4) is 0 Å². The van der Waals surface area contributed by atoms with Crippen molar-refractivity contribution in [3.05, 3.63) is 35.4 Å². The maximum atomic E-state index is 11.4. The highest BCUT2D eigenvalue weighted by atomic mass is 16.5. The fraction of sp³-hybridized carbons (Fsp3) is 0.533. The molecule has 2 atom stereocenters. The summed E-state index contributed by atoms with van der Waals surface area (Å²) in [5.41, 5.74) is 1.81. The molecule has 0 spiro atoms. The summed E-state index contributed by atoms with van der Waals surface area (Å²) < 4.78 is 9.94. The standard InChI is InChI=1S/C15H21NO3/c1-18-10-11-7-8-16-14(9-11)12-3-5-13(6-4-12)15(17)19-2/h3-6,11,14,16H,7-10H2,1-2H3/t11?,14-/m0/s1. The van der Waals surface area contributed by atoms with Crippen molar-refractivity contribution in [2.45, 2.75) is 18.9 Å². The number of nitrogens with one attached hydrogen (secondary N) is 1. The highest BCUT2D eigenvalue weighted by Gasteiger charge is 2.22. The van der Waals surface area contributed by atoms with Crippen LogP contribution in [0, 0.1) is 5.92 Å². The van der Waals surface area contributed by atoms with E-state index in [9.17, 15) is 4.79 Å². The van der Waals surface area contributed by atoms with Gasteiger partial charge in [0, 0.05) is 19.8 Å². The van der Waals surface area contributed by atoms with Gasteiger partial charge in [-0.15, -0.1) is 0 Å². The third kappa shape index (κ3) is 3.55. The summed E-state index contributed by atoms with van der Waals surface area (Å²) in [6.45, 7) is 1.83. The smallest absolute Gasteiger partial charge is 0.337 e. The van der Waals surface area contributed by atoms with Crippen LogP contribution in [0.3, 0.4) is 0 Å². The van der Waals surface area contributed by atoms with Gasteiger partial charge >= 0.3 is 5.97 Å². The van der Waals surface area contributed by atoms with Crippen LogP contribution in [-0.4, -0.2) is 33.3 Å². The van der Waals surface area contributed by atoms with Crippen LogP contribution in [0.2, 0.25) is 0 Å². The summed E-state index contributed by atoms with van der Waals surface area (Å²) in [4.78, 5) is 11.4. The number of esters is 1. The van der Waals surface area contributed by atoms with E-state index in [4.69, 9.17) is 9.47 Å². The topological polar surface area (TPSA) is 47.6 Å². The van der Waals surface area contributed by atoms with Gasteiger partial charge < -0.3 is 14.8 Å². The summed E-state index contributed by atoms with van der Waals surface area (Å²) in [7, 11) is 3.15. The predicted molar refractivity (Wildman–Crippen MR) is 73.1 cm³/mol. The molecule has 1 N–H and O–H groups in total. The maximum absolute atomic E-state index is 11.4. The van der Waals surface area contributed by atoms with E-state index in [0.717, 1.165) is 26.0 Å². The fourth-order valence-electron chi connectivity index (χ4n) is 2.61. The molecule has 1 aromatic rings. The Morgan fingerprint density at radius 2 is 2.05 bits per heavy atom. The van der Waals surface area contributed by atoms with Gasteiger partial charge in [0.25, 0.3) is 0 Å². The molecule has 0 aromatic heterocycles. The molecule has 1 unspecified atom stereocenters. The van der Waals surface area contributed by atoms with E-state index in [1.54, 1.807) is 7.11 Å². The lowest BCUT2D eigenvalue weighted by Gasteiger charge is -2.30. The first-order chi connectivity index (χ1) is 9.24. The molecule has 4 nitrogen and oxygen atoms in total. The molecule has 1 aliphatic heterocycles. The average Bonchev–Trinajstić information content (AvgIpc) is 2.47. The van der Waals surface area contributed by atoms with Crippen LogP contribution >= 0.6 is 0 Å². The molecule has 1 aromatic carbocycles. The normalized spacial score (nSPS) is 23.1. The van der Waals surface area contributed by atoms with Gasteiger partial charge in [-0.25, -0.2) is 4.79 Å². The molecule has 104 valence electrons. The molecule has 1 saturated heterocycles. The van der Waals surface area contributed by atoms with Gasteiger partial charge in [-0.3, -0.25) is 0 Å². The number of carbonyl (C=O) groups excluding carboxylic acids is 1. The summed E-state index contributed by atoms with van der Waals surface area (Å²) in [6.07, 6.45) is 2.23. The zero-order valence-corrected chi connectivity index (χ0v) is 11.5. The first-order valence-corrected chi connectivity index (χ1v) is 6.65. The lowest BCUT2D eigenvalue weighted by Crippen LogP contribution is -2.33. The first-order valence-electron chi connectivity index (χ1n) is 6.65. The summed E-state index contributed by atoms with van der Waals surface area (Å²) in [5.74, 6) is 0.317. The Labute approximate surface area is 114 Å². The molecule has 0 radical (unpaired) electrons. The molecule has 1 fully saturated rings. The molecule has 2 rings (SSSR count). The maximum Gasteiger partial charge on any atom is 0.337 e. The zero-order chi connectivity index (χ0) is 13.7. The van der Waals surface area contributed by atoms with Gasteiger partial charge in [0.1, 0.15) is 0 Å². The average molecular weight is 263 g/mol. The number of ether oxygens (including phenoxy) is 2. The van der Waals surface area contributed by atoms with E-state index in [1.165, 1.54) is 12.7 Å². The number of piperidine rings is 1. The Morgan fingerprint density at radius 3 is 2.68 bits per heavy atom. The second-order valence-corrected chi connectivity index (χ2v) is 4.97. The van der Waals surface area contributed by atoms with E-state index in [2.05, 4.69) is 5.32 Å². The van der Waals surface area contributed by atoms with Crippen LogP contribution in [0.15, 0.2) is 24.3 Å². The van der Waals surface area contributed by atoms with Crippen molar-refractivity contribution < 1.29 is 14.3 Å². The summed E-state index contributed by atoms with van der Waals surface area (Å²) in [6, 6.07) is 7.99. The largest absolute Gasteiger partial charge is 0.465 e. The Morgan fingerprint density at radius 1 is 1.32 bits per heavy atom. The van der Waals surface area contributed by atoms with Crippen molar-refractivity contribution in [3.63, 3.8) is 0 Å². The van der Waals surface area contributed by atoms with Gasteiger partial charge in [0.15, 0.2) is 0 Å². The second-order valence-electron chi connectivity index (χ2n) is 4.97. The van der Waals surface area contributed by atoms with Crippen molar-refractivity contribution >= 4 is 5.97 Å². The highest BCUT2D eigenvalue weighted by molar-refractivity contribution is 5.89. The number of methoxy groups -OCH3 is 2. The highest BCUT2D eigenvalue weighted by Crippen LogP contribution is 2.27. The molecule has 0 bridgehead atoms. The van der Waals surface area contributed by atoms with Crippen LogP contribution in [0.25, 0.3) is 0 Å². The number of carbonyl (C=O) groups is 1. The van der Waals surface area contributed by atoms with Gasteiger partial charge in [-0.05, 0) is 43.0 Å². The van der Waals surface area contributed by atoms with Crippen molar-refractivity contribution in [1.82, 2.24) is 5.32 Å². The van der Waals surface area contributed by atoms with E-state index >= 15 is 0 Å². The molecule has 0 amide bonds. The van der Waals surface area contributed by atoms with E-state index in [1.807, 2.05) is 24.3 Å². The first kappa shape index (κ1) is 14.0. The minimum absolute atomic E-state index is 0.291. The third-order valence-electron chi connectivity index (χ3n) is 3.65. The number of hydrogen-bond acceptors (Lipinski definition) is 4. The van der Waals surface area contributed by atoms with E-state index < -0.39 is 0 Å². The fourth-order valence-corrected chi connectivity index (χ4v) is 2.61. The van der Waals surface area contributed by atoms with Crippen LogP contribution in [0.1, 0.15) is 34.8 Å². The molecule has 0 saturated carbocycles. The van der Waals surface area contributed by atoms with Crippen LogP contribution < -0.4 is 5.32 Å². The quantitative estimate of drug-likeness (QED) is 0.846. The number of hydrogen-bond donors (Lipinski definition) is 1. The summed E-state index contributed by atoms with van der Waals surface area (Å²) in [5, 5.41) is 3.51. The van der Waals surface area contributed by atoms with Gasteiger partial charge in [0.2, 0.25) is 0 Å². The van der Waals surface area contributed by atoms with Crippen LogP contribution in [0.4, 0.5) is 0 Å². The lowest BCUT2D eigenvalue weighted by atomic mass is 9.89. The Kier molecular flexibility index (Phi) is 4.93. The van der Waals surface area contributed by atoms with E-state index in [-0.39, 0.29) is 5.97 Å². The van der Waals surface area contributed by atoms with Crippen LogP contribution in [-0.2, 0) is 9.47 Å². The lowest BCUT2D eigenvalue weighted by molar-refractivity contribution is 0.0600. The summed E-state index contributed by atoms with van der Waals surface area (Å²) >= 11 is 0. The number of benzene rings is 1. The molecule has 1 aliphatic rings. The SMILES string of the molecule is COCC1CCN[C@H](c2ccc(C(=O)OC)cc2)C1. The number of rotatable bonds is 4. The molecular formula is C15H21NO3. The molecule has 19 heavy (non-hydrogen) atoms. The Balaban J connectivity index is 2.03. The third-order valence-corrected chi connectivity index (χ3v) is 3.65. The molecular weight excluding hydrogens is 242 g/mol. The second kappa shape index (κ2) is 6.68. The van der Waals surface area contributed by atoms with Crippen molar-refractivity contribution in [2.75, 3.05) is 27.4 Å². The van der Waals surface area contributed by atoms with Crippen molar-refractivity contribution in [1.29, 1.82) is 0 Å². The molecule has 0 aliphatic carbocycles. The molecule has 1 heterocycles. The molecule has 4 heteroatoms. The minimum atomic E-state index is -0.291. The Bertz CT molecular complexity index is 414. The minimum Gasteiger partial charge on any atom is -0.465 e. The Hall–Kier alpha value is -1.39. The zero-order valence-electron chi connectivity index (χ0n) is 11.5. The van der Waals surface area contributed by atoms with Gasteiger partial charge in [0.05, 0.1) is 12.7 Å². The predicted octanol–water partition coefficient (Wildman–Crippen LogP) is 2.16. The van der Waals surface area contributed by atoms with Gasteiger partial charge in [-0.2, -0.15) is 0 Å². The monoisotopic (exact) mass is 263 g/mol. The van der Waals surface area contributed by atoms with Crippen LogP contribution in [0.5, 0.6) is 0 Å². The van der Waals surface area contributed by atoms with Crippen molar-refractivity contribution in [2.24, 2.45) is 5.92 Å².